The highest BCUT2D eigenvalue weighted by atomic mass is 16.4. The Hall–Kier alpha value is -1.88. The van der Waals surface area contributed by atoms with E-state index in [9.17, 15) is 14.7 Å². The Labute approximate surface area is 221 Å². The van der Waals surface area contributed by atoms with Gasteiger partial charge in [0.2, 0.25) is 0 Å². The number of carboxylic acid groups (broad SMARTS) is 1. The molecule has 0 aliphatic heterocycles. The second kappa shape index (κ2) is 24.8. The van der Waals surface area contributed by atoms with Crippen LogP contribution in [0.1, 0.15) is 163 Å². The van der Waals surface area contributed by atoms with Crippen LogP contribution in [-0.2, 0) is 0 Å². The zero-order valence-electron chi connectivity index (χ0n) is 23.4. The Morgan fingerprint density at radius 3 is 1.50 bits per heavy atom. The first kappa shape index (κ1) is 34.1. The van der Waals surface area contributed by atoms with E-state index in [-0.39, 0.29) is 17.1 Å². The molecular formula is C31H55NO4. The maximum Gasteiger partial charge on any atom is 0.339 e. The minimum atomic E-state index is -1.23. The number of unbranched alkanes of at least 4 members (excludes halogenated alkanes) is 17. The van der Waals surface area contributed by atoms with Gasteiger partial charge in [0.15, 0.2) is 5.78 Å². The fraction of sp³-hybridized carbons (Fsp3) is 0.742. The summed E-state index contributed by atoms with van der Waals surface area (Å²) in [4.78, 5) is 22.7. The number of aromatic hydroxyl groups is 1. The maximum atomic E-state index is 11.9. The third-order valence-corrected chi connectivity index (χ3v) is 6.61. The molecule has 0 bridgehead atoms. The van der Waals surface area contributed by atoms with Crippen molar-refractivity contribution >= 4 is 11.8 Å². The van der Waals surface area contributed by atoms with E-state index in [2.05, 4.69) is 13.8 Å². The number of phenols is 1. The van der Waals surface area contributed by atoms with Crippen molar-refractivity contribution < 1.29 is 19.8 Å². The normalized spacial score (nSPS) is 10.6. The second-order valence-electron chi connectivity index (χ2n) is 10.0. The number of aromatic carboxylic acids is 1. The van der Waals surface area contributed by atoms with Crippen molar-refractivity contribution in [1.29, 1.82) is 0 Å². The largest absolute Gasteiger partial charge is 0.507 e. The predicted octanol–water partition coefficient (Wildman–Crippen LogP) is 9.06. The number of carbonyl (C=O) groups is 2. The number of Topliss-reactive ketones (excluding diaryl/α,β-unsaturated/α-hetero) is 1. The number of rotatable bonds is 22. The summed E-state index contributed by atoms with van der Waals surface area (Å²) >= 11 is 0. The molecule has 0 aromatic heterocycles. The van der Waals surface area contributed by atoms with Crippen LogP contribution >= 0.6 is 0 Å². The monoisotopic (exact) mass is 505 g/mol. The van der Waals surface area contributed by atoms with Gasteiger partial charge in [-0.25, -0.2) is 4.79 Å². The highest BCUT2D eigenvalue weighted by Gasteiger charge is 2.13. The van der Waals surface area contributed by atoms with Crippen molar-refractivity contribution in [1.82, 2.24) is 0 Å². The molecule has 0 atom stereocenters. The van der Waals surface area contributed by atoms with E-state index in [0.29, 0.717) is 12.0 Å². The standard InChI is InChI=1S/C16H35N.C15H20O4/c1-2-3-4-5-6-7-8-9-10-11-12-13-14-15-16-17;1-2-3-4-5-6-7-13(16)11-8-9-14(17)12(10-11)15(18)19/h2-17H2,1H3;8-10,17H,2-7H2,1H3,(H,18,19). The van der Waals surface area contributed by atoms with Crippen LogP contribution in [0.15, 0.2) is 18.2 Å². The van der Waals surface area contributed by atoms with Gasteiger partial charge in [0.05, 0.1) is 0 Å². The van der Waals surface area contributed by atoms with Gasteiger partial charge in [0.25, 0.3) is 0 Å². The molecule has 208 valence electrons. The first-order chi connectivity index (χ1) is 17.5. The van der Waals surface area contributed by atoms with Gasteiger partial charge >= 0.3 is 5.97 Å². The van der Waals surface area contributed by atoms with Crippen molar-refractivity contribution in [2.45, 2.75) is 142 Å². The molecule has 0 amide bonds. The summed E-state index contributed by atoms with van der Waals surface area (Å²) in [6.07, 6.45) is 25.6. The Balaban J connectivity index is 0.000000686. The van der Waals surface area contributed by atoms with Crippen molar-refractivity contribution in [3.05, 3.63) is 29.3 Å². The maximum absolute atomic E-state index is 11.9. The molecule has 1 aromatic carbocycles. The summed E-state index contributed by atoms with van der Waals surface area (Å²) in [6.45, 7) is 5.29. The van der Waals surface area contributed by atoms with Crippen molar-refractivity contribution in [2.75, 3.05) is 6.54 Å². The molecule has 0 fully saturated rings. The van der Waals surface area contributed by atoms with E-state index in [0.717, 1.165) is 32.2 Å². The fourth-order valence-corrected chi connectivity index (χ4v) is 4.25. The molecule has 0 saturated carbocycles. The third-order valence-electron chi connectivity index (χ3n) is 6.61. The average molecular weight is 506 g/mol. The highest BCUT2D eigenvalue weighted by Crippen LogP contribution is 2.20. The molecule has 1 aromatic rings. The minimum absolute atomic E-state index is 0.0704. The first-order valence-electron chi connectivity index (χ1n) is 14.8. The molecule has 5 nitrogen and oxygen atoms in total. The van der Waals surface area contributed by atoms with Gasteiger partial charge in [0, 0.05) is 12.0 Å². The summed E-state index contributed by atoms with van der Waals surface area (Å²) in [6, 6.07) is 3.97. The van der Waals surface area contributed by atoms with Crippen LogP contribution in [0.25, 0.3) is 0 Å². The van der Waals surface area contributed by atoms with Crippen LogP contribution in [0.4, 0.5) is 0 Å². The molecule has 0 saturated heterocycles. The van der Waals surface area contributed by atoms with Crippen LogP contribution in [0.3, 0.4) is 0 Å². The molecule has 0 unspecified atom stereocenters. The molecule has 0 radical (unpaired) electrons. The van der Waals surface area contributed by atoms with E-state index in [1.165, 1.54) is 115 Å². The zero-order chi connectivity index (χ0) is 26.9. The topological polar surface area (TPSA) is 101 Å². The van der Waals surface area contributed by atoms with Crippen LogP contribution in [0, 0.1) is 0 Å². The van der Waals surface area contributed by atoms with E-state index in [1.807, 2.05) is 0 Å². The van der Waals surface area contributed by atoms with Crippen LogP contribution in [0.2, 0.25) is 0 Å². The summed E-state index contributed by atoms with van der Waals surface area (Å²) < 4.78 is 0. The van der Waals surface area contributed by atoms with E-state index >= 15 is 0 Å². The van der Waals surface area contributed by atoms with Crippen LogP contribution < -0.4 is 5.73 Å². The first-order valence-corrected chi connectivity index (χ1v) is 14.8. The summed E-state index contributed by atoms with van der Waals surface area (Å²) in [5.41, 5.74) is 5.60. The number of ketones is 1. The Bertz CT molecular complexity index is 661. The van der Waals surface area contributed by atoms with E-state index < -0.39 is 5.97 Å². The Kier molecular flexibility index (Phi) is 23.5. The molecule has 0 aliphatic carbocycles. The molecule has 0 spiro atoms. The lowest BCUT2D eigenvalue weighted by Gasteiger charge is -2.04. The lowest BCUT2D eigenvalue weighted by molar-refractivity contribution is 0.0693. The zero-order valence-corrected chi connectivity index (χ0v) is 23.4. The molecule has 36 heavy (non-hydrogen) atoms. The van der Waals surface area contributed by atoms with E-state index in [1.54, 1.807) is 0 Å². The number of carboxylic acids is 1. The summed E-state index contributed by atoms with van der Waals surface area (Å²) in [7, 11) is 0. The van der Waals surface area contributed by atoms with Gasteiger partial charge in [-0.05, 0) is 37.6 Å². The van der Waals surface area contributed by atoms with Gasteiger partial charge in [-0.2, -0.15) is 0 Å². The lowest BCUT2D eigenvalue weighted by Crippen LogP contribution is -2.03. The fourth-order valence-electron chi connectivity index (χ4n) is 4.25. The summed E-state index contributed by atoms with van der Waals surface area (Å²) in [5, 5.41) is 18.2. The van der Waals surface area contributed by atoms with Gasteiger partial charge < -0.3 is 15.9 Å². The number of nitrogens with two attached hydrogens (primary N) is 1. The van der Waals surface area contributed by atoms with Gasteiger partial charge in [-0.3, -0.25) is 4.79 Å². The molecule has 4 N–H and O–H groups in total. The van der Waals surface area contributed by atoms with Crippen molar-refractivity contribution in [3.8, 4) is 5.75 Å². The smallest absolute Gasteiger partial charge is 0.339 e. The highest BCUT2D eigenvalue weighted by molar-refractivity contribution is 5.99. The number of hydrogen-bond acceptors (Lipinski definition) is 4. The molecular weight excluding hydrogens is 450 g/mol. The van der Waals surface area contributed by atoms with E-state index in [4.69, 9.17) is 10.8 Å². The molecule has 5 heteroatoms. The number of hydrogen-bond donors (Lipinski definition) is 3. The van der Waals surface area contributed by atoms with Crippen molar-refractivity contribution in [3.63, 3.8) is 0 Å². The molecule has 0 heterocycles. The molecule has 0 aliphatic rings. The number of carbonyl (C=O) groups excluding carboxylic acids is 1. The second-order valence-corrected chi connectivity index (χ2v) is 10.0. The number of benzene rings is 1. The third kappa shape index (κ3) is 19.3. The molecule has 1 rings (SSSR count). The van der Waals surface area contributed by atoms with Crippen LogP contribution in [0.5, 0.6) is 5.75 Å². The predicted molar refractivity (Wildman–Crippen MR) is 152 cm³/mol. The van der Waals surface area contributed by atoms with Gasteiger partial charge in [-0.1, -0.05) is 123 Å². The lowest BCUT2D eigenvalue weighted by atomic mass is 10.0. The summed E-state index contributed by atoms with van der Waals surface area (Å²) in [5.74, 6) is -1.61. The minimum Gasteiger partial charge on any atom is -0.507 e. The van der Waals surface area contributed by atoms with Gasteiger partial charge in [0.1, 0.15) is 11.3 Å². The average Bonchev–Trinajstić information content (AvgIpc) is 2.87. The van der Waals surface area contributed by atoms with Crippen molar-refractivity contribution in [2.24, 2.45) is 5.73 Å². The SMILES string of the molecule is CCCCCCCC(=O)c1ccc(O)c(C(=O)O)c1.CCCCCCCCCCCCCCCCN. The van der Waals surface area contributed by atoms with Gasteiger partial charge in [-0.15, -0.1) is 0 Å². The quantitative estimate of drug-likeness (QED) is 0.108. The van der Waals surface area contributed by atoms with Crippen LogP contribution in [-0.4, -0.2) is 28.5 Å². The Morgan fingerprint density at radius 2 is 1.08 bits per heavy atom. The Morgan fingerprint density at radius 1 is 0.667 bits per heavy atom.